The molecule has 3 nitrogen and oxygen atoms in total. The molecule has 17 heavy (non-hydrogen) atoms. The first-order valence-corrected chi connectivity index (χ1v) is 6.83. The van der Waals surface area contributed by atoms with Crippen molar-refractivity contribution in [2.75, 3.05) is 13.1 Å². The molecule has 0 aromatic rings. The molecule has 1 rings (SSSR count). The van der Waals surface area contributed by atoms with Gasteiger partial charge in [0.1, 0.15) is 0 Å². The van der Waals surface area contributed by atoms with Gasteiger partial charge in [-0.05, 0) is 24.2 Å². The number of nitrogens with two attached hydrogens (primary N) is 1. The van der Waals surface area contributed by atoms with Crippen LogP contribution in [0, 0.1) is 23.7 Å². The number of thiocarbonyl (C=S) groups is 1. The van der Waals surface area contributed by atoms with Crippen LogP contribution in [0.15, 0.2) is 0 Å². The van der Waals surface area contributed by atoms with E-state index in [1.54, 1.807) is 0 Å². The number of amides is 1. The first kappa shape index (κ1) is 14.4. The molecule has 0 saturated carbocycles. The zero-order valence-corrected chi connectivity index (χ0v) is 12.1. The second kappa shape index (κ2) is 5.80. The van der Waals surface area contributed by atoms with Crippen LogP contribution in [0.4, 0.5) is 0 Å². The van der Waals surface area contributed by atoms with Gasteiger partial charge in [0.05, 0.1) is 10.9 Å². The maximum absolute atomic E-state index is 12.4. The smallest absolute Gasteiger partial charge is 0.232 e. The molecule has 1 amide bonds. The Hall–Kier alpha value is -0.640. The number of carbonyl (C=O) groups is 1. The summed E-state index contributed by atoms with van der Waals surface area (Å²) in [6.45, 7) is 10.1. The molecule has 98 valence electrons. The van der Waals surface area contributed by atoms with E-state index in [2.05, 4.69) is 13.8 Å². The van der Waals surface area contributed by atoms with Crippen molar-refractivity contribution in [1.29, 1.82) is 0 Å². The van der Waals surface area contributed by atoms with E-state index in [4.69, 9.17) is 18.0 Å². The highest BCUT2D eigenvalue weighted by Gasteiger charge is 2.34. The van der Waals surface area contributed by atoms with E-state index in [0.717, 1.165) is 19.5 Å². The Morgan fingerprint density at radius 3 is 2.29 bits per heavy atom. The zero-order chi connectivity index (χ0) is 13.2. The highest BCUT2D eigenvalue weighted by molar-refractivity contribution is 7.80. The van der Waals surface area contributed by atoms with Crippen molar-refractivity contribution in [3.63, 3.8) is 0 Å². The zero-order valence-electron chi connectivity index (χ0n) is 11.3. The van der Waals surface area contributed by atoms with E-state index in [0.29, 0.717) is 16.8 Å². The summed E-state index contributed by atoms with van der Waals surface area (Å²) in [7, 11) is 0. The molecule has 0 radical (unpaired) electrons. The summed E-state index contributed by atoms with van der Waals surface area (Å²) in [6, 6.07) is 0. The third-order valence-electron chi connectivity index (χ3n) is 3.72. The largest absolute Gasteiger partial charge is 0.393 e. The van der Waals surface area contributed by atoms with Gasteiger partial charge in [-0.25, -0.2) is 0 Å². The van der Waals surface area contributed by atoms with Gasteiger partial charge in [-0.3, -0.25) is 4.79 Å². The summed E-state index contributed by atoms with van der Waals surface area (Å²) in [6.07, 6.45) is 1.10. The van der Waals surface area contributed by atoms with Crippen LogP contribution in [0.5, 0.6) is 0 Å². The van der Waals surface area contributed by atoms with Crippen molar-refractivity contribution in [2.24, 2.45) is 29.4 Å². The highest BCUT2D eigenvalue weighted by atomic mass is 32.1. The van der Waals surface area contributed by atoms with Gasteiger partial charge in [0.2, 0.25) is 5.91 Å². The number of hydrogen-bond donors (Lipinski definition) is 1. The van der Waals surface area contributed by atoms with Crippen LogP contribution in [-0.2, 0) is 4.79 Å². The van der Waals surface area contributed by atoms with E-state index in [-0.39, 0.29) is 17.7 Å². The Labute approximate surface area is 110 Å². The molecule has 0 aromatic carbocycles. The summed E-state index contributed by atoms with van der Waals surface area (Å²) >= 11 is 5.02. The molecule has 2 unspecified atom stereocenters. The Morgan fingerprint density at radius 1 is 1.35 bits per heavy atom. The predicted octanol–water partition coefficient (Wildman–Crippen LogP) is 2.05. The van der Waals surface area contributed by atoms with Gasteiger partial charge < -0.3 is 10.6 Å². The van der Waals surface area contributed by atoms with Crippen molar-refractivity contribution >= 4 is 23.1 Å². The predicted molar refractivity (Wildman–Crippen MR) is 74.6 cm³/mol. The quantitative estimate of drug-likeness (QED) is 0.783. The van der Waals surface area contributed by atoms with Crippen molar-refractivity contribution in [2.45, 2.75) is 34.1 Å². The number of rotatable bonds is 4. The molecule has 4 heteroatoms. The van der Waals surface area contributed by atoms with Crippen LogP contribution in [0.3, 0.4) is 0 Å². The first-order valence-electron chi connectivity index (χ1n) is 6.42. The Balaban J connectivity index is 2.68. The molecule has 1 aliphatic rings. The number of carbonyl (C=O) groups excluding carboxylic acids is 1. The monoisotopic (exact) mass is 256 g/mol. The van der Waals surface area contributed by atoms with Gasteiger partial charge in [-0.1, -0.05) is 39.9 Å². The third kappa shape index (κ3) is 3.41. The average Bonchev–Trinajstić information content (AvgIpc) is 2.64. The lowest BCUT2D eigenvalue weighted by atomic mass is 9.94. The van der Waals surface area contributed by atoms with E-state index >= 15 is 0 Å². The lowest BCUT2D eigenvalue weighted by Crippen LogP contribution is -2.42. The molecule has 1 fully saturated rings. The molecule has 0 aliphatic carbocycles. The van der Waals surface area contributed by atoms with Crippen molar-refractivity contribution in [3.05, 3.63) is 0 Å². The SMILES string of the molecule is CC(C)C1CCN(C(=O)C(C(N)=S)C(C)C)C1. The molecule has 1 saturated heterocycles. The van der Waals surface area contributed by atoms with E-state index < -0.39 is 0 Å². The van der Waals surface area contributed by atoms with E-state index in [1.165, 1.54) is 0 Å². The second-order valence-corrected chi connectivity index (χ2v) is 6.17. The normalized spacial score (nSPS) is 22.2. The van der Waals surface area contributed by atoms with Crippen LogP contribution in [0.1, 0.15) is 34.1 Å². The van der Waals surface area contributed by atoms with Crippen LogP contribution in [-0.4, -0.2) is 28.9 Å². The molecular weight excluding hydrogens is 232 g/mol. The maximum Gasteiger partial charge on any atom is 0.232 e. The average molecular weight is 256 g/mol. The number of likely N-dealkylation sites (tertiary alicyclic amines) is 1. The standard InChI is InChI=1S/C13H24N2OS/c1-8(2)10-5-6-15(7-10)13(16)11(9(3)4)12(14)17/h8-11H,5-7H2,1-4H3,(H2,14,17). The minimum absolute atomic E-state index is 0.121. The summed E-state index contributed by atoms with van der Waals surface area (Å²) in [5, 5.41) is 0. The van der Waals surface area contributed by atoms with Crippen molar-refractivity contribution < 1.29 is 4.79 Å². The van der Waals surface area contributed by atoms with Gasteiger partial charge in [0.15, 0.2) is 0 Å². The molecule has 0 bridgehead atoms. The van der Waals surface area contributed by atoms with Crippen molar-refractivity contribution in [3.8, 4) is 0 Å². The van der Waals surface area contributed by atoms with E-state index in [9.17, 15) is 4.79 Å². The Morgan fingerprint density at radius 2 is 1.94 bits per heavy atom. The summed E-state index contributed by atoms with van der Waals surface area (Å²) < 4.78 is 0. The third-order valence-corrected chi connectivity index (χ3v) is 3.97. The van der Waals surface area contributed by atoms with Gasteiger partial charge in [0.25, 0.3) is 0 Å². The summed E-state index contributed by atoms with van der Waals surface area (Å²) in [5.41, 5.74) is 5.68. The van der Waals surface area contributed by atoms with Crippen LogP contribution in [0.25, 0.3) is 0 Å². The topological polar surface area (TPSA) is 46.3 Å². The molecule has 0 spiro atoms. The van der Waals surface area contributed by atoms with Gasteiger partial charge in [-0.15, -0.1) is 0 Å². The molecule has 1 heterocycles. The number of hydrogen-bond acceptors (Lipinski definition) is 2. The molecular formula is C13H24N2OS. The maximum atomic E-state index is 12.4. The summed E-state index contributed by atoms with van der Waals surface area (Å²) in [4.78, 5) is 14.6. The summed E-state index contributed by atoms with van der Waals surface area (Å²) in [5.74, 6) is 1.26. The first-order chi connectivity index (χ1) is 7.84. The fourth-order valence-electron chi connectivity index (χ4n) is 2.46. The van der Waals surface area contributed by atoms with Crippen LogP contribution in [0.2, 0.25) is 0 Å². The fraction of sp³-hybridized carbons (Fsp3) is 0.846. The van der Waals surface area contributed by atoms with Gasteiger partial charge in [0, 0.05) is 13.1 Å². The lowest BCUT2D eigenvalue weighted by molar-refractivity contribution is -0.133. The van der Waals surface area contributed by atoms with Crippen LogP contribution < -0.4 is 5.73 Å². The molecule has 1 aliphatic heterocycles. The minimum Gasteiger partial charge on any atom is -0.393 e. The van der Waals surface area contributed by atoms with Gasteiger partial charge in [-0.2, -0.15) is 0 Å². The highest BCUT2D eigenvalue weighted by Crippen LogP contribution is 2.26. The Bertz CT molecular complexity index is 302. The molecule has 2 N–H and O–H groups in total. The number of nitrogens with zero attached hydrogens (tertiary/aromatic N) is 1. The second-order valence-electron chi connectivity index (χ2n) is 5.70. The van der Waals surface area contributed by atoms with Crippen molar-refractivity contribution in [1.82, 2.24) is 4.90 Å². The lowest BCUT2D eigenvalue weighted by Gasteiger charge is -2.25. The molecule has 0 aromatic heterocycles. The Kier molecular flexibility index (Phi) is 4.92. The molecule has 2 atom stereocenters. The minimum atomic E-state index is -0.295. The van der Waals surface area contributed by atoms with E-state index in [1.807, 2.05) is 18.7 Å². The van der Waals surface area contributed by atoms with Crippen LogP contribution >= 0.6 is 12.2 Å². The fourth-order valence-corrected chi connectivity index (χ4v) is 2.84. The van der Waals surface area contributed by atoms with Gasteiger partial charge >= 0.3 is 0 Å².